The second-order valence-electron chi connectivity index (χ2n) is 5.95. The molecule has 1 aromatic carbocycles. The van der Waals surface area contributed by atoms with E-state index in [1.165, 1.54) is 0 Å². The third-order valence-corrected chi connectivity index (χ3v) is 5.28. The van der Waals surface area contributed by atoms with Gasteiger partial charge in [-0.3, -0.25) is 5.41 Å². The molecule has 0 amide bonds. The van der Waals surface area contributed by atoms with Crippen molar-refractivity contribution in [2.75, 3.05) is 13.7 Å². The lowest BCUT2D eigenvalue weighted by Gasteiger charge is -2.17. The number of hydrogen-bond donors (Lipinski definition) is 2. The minimum absolute atomic E-state index is 0.187. The highest BCUT2D eigenvalue weighted by atomic mass is 32.1. The normalized spacial score (nSPS) is 14.8. The summed E-state index contributed by atoms with van der Waals surface area (Å²) in [6, 6.07) is 9.70. The molecule has 3 aromatic rings. The molecule has 0 spiro atoms. The molecule has 3 heterocycles. The molecule has 0 saturated carbocycles. The second-order valence-corrected chi connectivity index (χ2v) is 6.99. The van der Waals surface area contributed by atoms with Crippen LogP contribution in [0.3, 0.4) is 0 Å². The van der Waals surface area contributed by atoms with Crippen LogP contribution in [0.25, 0.3) is 16.6 Å². The zero-order valence-corrected chi connectivity index (χ0v) is 14.8. The number of hydrogen-bond acceptors (Lipinski definition) is 5. The van der Waals surface area contributed by atoms with Gasteiger partial charge in [-0.05, 0) is 23.6 Å². The zero-order valence-electron chi connectivity index (χ0n) is 14.0. The molecule has 0 bridgehead atoms. The van der Waals surface area contributed by atoms with Gasteiger partial charge in [-0.25, -0.2) is 4.98 Å². The van der Waals surface area contributed by atoms with Crippen molar-refractivity contribution >= 4 is 33.8 Å². The molecule has 0 saturated heterocycles. The molecule has 6 nitrogen and oxygen atoms in total. The monoisotopic (exact) mass is 354 g/mol. The van der Waals surface area contributed by atoms with Gasteiger partial charge in [0.1, 0.15) is 23.2 Å². The van der Waals surface area contributed by atoms with Crippen molar-refractivity contribution in [3.8, 4) is 5.75 Å². The Labute approximate surface area is 149 Å². The number of aromatic nitrogens is 2. The van der Waals surface area contributed by atoms with E-state index >= 15 is 0 Å². The third-order valence-electron chi connectivity index (χ3n) is 4.42. The van der Waals surface area contributed by atoms with Gasteiger partial charge in [0, 0.05) is 18.0 Å². The quantitative estimate of drug-likeness (QED) is 0.753. The molecule has 0 unspecified atom stereocenters. The molecule has 1 aliphatic heterocycles. The fraction of sp³-hybridized carbons (Fsp3) is 0.222. The number of thiophene rings is 1. The summed E-state index contributed by atoms with van der Waals surface area (Å²) in [6.45, 7) is 0.945. The molecule has 2 aromatic heterocycles. The average Bonchev–Trinajstić information content (AvgIpc) is 3.29. The van der Waals surface area contributed by atoms with Crippen LogP contribution in [0, 0.1) is 5.41 Å². The number of rotatable bonds is 4. The van der Waals surface area contributed by atoms with Gasteiger partial charge in [0.15, 0.2) is 0 Å². The first-order chi connectivity index (χ1) is 12.1. The summed E-state index contributed by atoms with van der Waals surface area (Å²) in [6.07, 6.45) is 0. The minimum Gasteiger partial charge on any atom is -0.510 e. The van der Waals surface area contributed by atoms with Gasteiger partial charge in [0.2, 0.25) is 0 Å². The Morgan fingerprint density at radius 1 is 1.36 bits per heavy atom. The van der Waals surface area contributed by atoms with Crippen LogP contribution < -0.4 is 4.74 Å². The molecule has 0 atom stereocenters. The Morgan fingerprint density at radius 2 is 2.20 bits per heavy atom. The standard InChI is InChI=1S/C18H18N4O2S/c1-21-14-6-5-11(24-2)8-13(14)20-18(21)16-15(23)10-22(17(16)19)9-12-4-3-7-25-12/h3-8,19,23H,9-10H2,1-2H3. The van der Waals surface area contributed by atoms with Crippen molar-refractivity contribution in [2.45, 2.75) is 6.54 Å². The number of fused-ring (bicyclic) bond motifs is 1. The van der Waals surface area contributed by atoms with Crippen LogP contribution in [0.4, 0.5) is 0 Å². The topological polar surface area (TPSA) is 74.4 Å². The summed E-state index contributed by atoms with van der Waals surface area (Å²) >= 11 is 1.65. The molecule has 7 heteroatoms. The van der Waals surface area contributed by atoms with E-state index in [0.29, 0.717) is 30.3 Å². The average molecular weight is 354 g/mol. The van der Waals surface area contributed by atoms with Crippen LogP contribution in [-0.4, -0.2) is 39.0 Å². The van der Waals surface area contributed by atoms with Crippen molar-refractivity contribution in [1.29, 1.82) is 5.41 Å². The lowest BCUT2D eigenvalue weighted by Crippen LogP contribution is -2.26. The first-order valence-corrected chi connectivity index (χ1v) is 8.75. The number of methoxy groups -OCH3 is 1. The van der Waals surface area contributed by atoms with Gasteiger partial charge in [-0.2, -0.15) is 0 Å². The number of imidazole rings is 1. The fourth-order valence-corrected chi connectivity index (χ4v) is 3.84. The van der Waals surface area contributed by atoms with Crippen molar-refractivity contribution < 1.29 is 9.84 Å². The Morgan fingerprint density at radius 3 is 2.92 bits per heavy atom. The molecule has 2 N–H and O–H groups in total. The number of aliphatic hydroxyl groups excluding tert-OH is 1. The molecule has 1 aliphatic rings. The van der Waals surface area contributed by atoms with Crippen LogP contribution in [-0.2, 0) is 13.6 Å². The number of aryl methyl sites for hydroxylation is 1. The maximum absolute atomic E-state index is 10.5. The van der Waals surface area contributed by atoms with Gasteiger partial charge in [0.05, 0.1) is 36.8 Å². The highest BCUT2D eigenvalue weighted by Crippen LogP contribution is 2.31. The summed E-state index contributed by atoms with van der Waals surface area (Å²) in [5, 5.41) is 21.0. The molecular weight excluding hydrogens is 336 g/mol. The van der Waals surface area contributed by atoms with Crippen LogP contribution in [0.1, 0.15) is 10.7 Å². The highest BCUT2D eigenvalue weighted by molar-refractivity contribution is 7.09. The zero-order chi connectivity index (χ0) is 17.6. The molecule has 4 rings (SSSR count). The second kappa shape index (κ2) is 5.93. The maximum Gasteiger partial charge on any atom is 0.148 e. The highest BCUT2D eigenvalue weighted by Gasteiger charge is 2.31. The molecule has 0 fully saturated rings. The number of aliphatic hydroxyl groups is 1. The lowest BCUT2D eigenvalue weighted by atomic mass is 10.2. The van der Waals surface area contributed by atoms with E-state index in [-0.39, 0.29) is 5.76 Å². The first-order valence-electron chi connectivity index (χ1n) is 7.87. The smallest absolute Gasteiger partial charge is 0.148 e. The SMILES string of the molecule is COc1ccc2c(c1)nc(C1=C(O)CN(Cc3cccs3)C1=N)n2C. The van der Waals surface area contributed by atoms with E-state index in [9.17, 15) is 5.11 Å². The van der Waals surface area contributed by atoms with Crippen molar-refractivity contribution in [1.82, 2.24) is 14.5 Å². The van der Waals surface area contributed by atoms with Gasteiger partial charge in [0.25, 0.3) is 0 Å². The number of nitrogens with zero attached hydrogens (tertiary/aromatic N) is 3. The van der Waals surface area contributed by atoms with E-state index in [4.69, 9.17) is 10.1 Å². The van der Waals surface area contributed by atoms with E-state index in [0.717, 1.165) is 21.7 Å². The number of amidine groups is 1. The third kappa shape index (κ3) is 2.56. The van der Waals surface area contributed by atoms with Gasteiger partial charge in [-0.15, -0.1) is 11.3 Å². The predicted octanol–water partition coefficient (Wildman–Crippen LogP) is 3.41. The number of ether oxygens (including phenoxy) is 1. The molecule has 25 heavy (non-hydrogen) atoms. The molecular formula is C18H18N4O2S. The summed E-state index contributed by atoms with van der Waals surface area (Å²) in [5.41, 5.74) is 2.21. The number of benzene rings is 1. The lowest BCUT2D eigenvalue weighted by molar-refractivity contribution is 0.348. The summed E-state index contributed by atoms with van der Waals surface area (Å²) < 4.78 is 7.16. The maximum atomic E-state index is 10.5. The Balaban J connectivity index is 1.71. The van der Waals surface area contributed by atoms with E-state index in [1.807, 2.05) is 52.2 Å². The van der Waals surface area contributed by atoms with Crippen LogP contribution in [0.5, 0.6) is 5.75 Å². The number of nitrogens with one attached hydrogen (secondary N) is 1. The van der Waals surface area contributed by atoms with E-state index < -0.39 is 0 Å². The predicted molar refractivity (Wildman–Crippen MR) is 99.3 cm³/mol. The largest absolute Gasteiger partial charge is 0.510 e. The molecule has 0 radical (unpaired) electrons. The Hall–Kier alpha value is -2.80. The summed E-state index contributed by atoms with van der Waals surface area (Å²) in [4.78, 5) is 7.65. The van der Waals surface area contributed by atoms with Crippen molar-refractivity contribution in [3.05, 3.63) is 52.2 Å². The van der Waals surface area contributed by atoms with Gasteiger partial charge < -0.3 is 19.3 Å². The van der Waals surface area contributed by atoms with Crippen molar-refractivity contribution in [2.24, 2.45) is 7.05 Å². The van der Waals surface area contributed by atoms with Crippen molar-refractivity contribution in [3.63, 3.8) is 0 Å². The van der Waals surface area contributed by atoms with Crippen LogP contribution in [0.2, 0.25) is 0 Å². The van der Waals surface area contributed by atoms with E-state index in [2.05, 4.69) is 4.98 Å². The summed E-state index contributed by atoms with van der Waals surface area (Å²) in [7, 11) is 3.51. The minimum atomic E-state index is 0.187. The van der Waals surface area contributed by atoms with Gasteiger partial charge >= 0.3 is 0 Å². The fourth-order valence-electron chi connectivity index (χ4n) is 3.12. The van der Waals surface area contributed by atoms with Gasteiger partial charge in [-0.1, -0.05) is 6.07 Å². The van der Waals surface area contributed by atoms with Crippen LogP contribution >= 0.6 is 11.3 Å². The van der Waals surface area contributed by atoms with E-state index in [1.54, 1.807) is 18.4 Å². The summed E-state index contributed by atoms with van der Waals surface area (Å²) in [5.74, 6) is 1.82. The first kappa shape index (κ1) is 15.7. The Kier molecular flexibility index (Phi) is 3.73. The molecule has 0 aliphatic carbocycles. The van der Waals surface area contributed by atoms with Crippen LogP contribution in [0.15, 0.2) is 41.5 Å². The molecule has 128 valence electrons. The Bertz CT molecular complexity index is 988.